The molecule has 0 heterocycles. The summed E-state index contributed by atoms with van der Waals surface area (Å²) in [6, 6.07) is 7.61. The summed E-state index contributed by atoms with van der Waals surface area (Å²) in [4.78, 5) is 0. The van der Waals surface area contributed by atoms with Crippen molar-refractivity contribution in [1.82, 2.24) is 0 Å². The first-order chi connectivity index (χ1) is 11.1. The largest absolute Gasteiger partial charge is 0.455 e. The van der Waals surface area contributed by atoms with E-state index in [0.717, 1.165) is 0 Å². The summed E-state index contributed by atoms with van der Waals surface area (Å²) in [5, 5.41) is 0. The highest BCUT2D eigenvalue weighted by Gasteiger charge is 2.81. The maximum Gasteiger partial charge on any atom is 0.383 e. The van der Waals surface area contributed by atoms with Gasteiger partial charge in [0.2, 0.25) is 0 Å². The van der Waals surface area contributed by atoms with Crippen LogP contribution in [0.1, 0.15) is 31.7 Å². The molecule has 0 atom stereocenters. The van der Waals surface area contributed by atoms with Gasteiger partial charge in [-0.3, -0.25) is 0 Å². The number of rotatable bonds is 6. The summed E-state index contributed by atoms with van der Waals surface area (Å²) < 4.78 is 87.8. The van der Waals surface area contributed by atoms with E-state index >= 15 is 0 Å². The number of benzene rings is 1. The first kappa shape index (κ1) is 18.4. The Kier molecular flexibility index (Phi) is 4.74. The van der Waals surface area contributed by atoms with E-state index in [2.05, 4.69) is 6.58 Å². The molecule has 7 heteroatoms. The fourth-order valence-electron chi connectivity index (χ4n) is 2.42. The molecule has 0 bridgehead atoms. The topological polar surface area (TPSA) is 9.23 Å². The van der Waals surface area contributed by atoms with Crippen molar-refractivity contribution in [2.24, 2.45) is 0 Å². The van der Waals surface area contributed by atoms with Crippen LogP contribution in [-0.4, -0.2) is 17.8 Å². The van der Waals surface area contributed by atoms with Gasteiger partial charge in [0, 0.05) is 5.56 Å². The van der Waals surface area contributed by atoms with Crippen LogP contribution in [0.5, 0.6) is 0 Å². The number of alkyl halides is 6. The van der Waals surface area contributed by atoms with E-state index in [-0.39, 0.29) is 12.0 Å². The van der Waals surface area contributed by atoms with Crippen molar-refractivity contribution in [3.63, 3.8) is 0 Å². The zero-order valence-electron chi connectivity index (χ0n) is 12.9. The number of ether oxygens (including phenoxy) is 1. The van der Waals surface area contributed by atoms with Gasteiger partial charge in [0.05, 0.1) is 5.57 Å². The van der Waals surface area contributed by atoms with Crippen molar-refractivity contribution in [2.45, 2.75) is 44.0 Å². The highest BCUT2D eigenvalue weighted by atomic mass is 19.3. The molecule has 0 unspecified atom stereocenters. The van der Waals surface area contributed by atoms with Gasteiger partial charge < -0.3 is 4.74 Å². The third-order valence-electron chi connectivity index (χ3n) is 3.83. The van der Waals surface area contributed by atoms with Gasteiger partial charge in [0.1, 0.15) is 5.76 Å². The van der Waals surface area contributed by atoms with Gasteiger partial charge >= 0.3 is 17.8 Å². The quantitative estimate of drug-likeness (QED) is 0.449. The lowest BCUT2D eigenvalue weighted by molar-refractivity contribution is -0.270. The summed E-state index contributed by atoms with van der Waals surface area (Å²) in [6.07, 6.45) is -0.169. The predicted molar refractivity (Wildman–Crippen MR) is 78.0 cm³/mol. The van der Waals surface area contributed by atoms with E-state index in [4.69, 9.17) is 4.74 Å². The molecule has 0 radical (unpaired) electrons. The highest BCUT2D eigenvalue weighted by Crippen LogP contribution is 2.60. The molecular weight excluding hydrogens is 334 g/mol. The number of hydrogen-bond donors (Lipinski definition) is 0. The van der Waals surface area contributed by atoms with Gasteiger partial charge in [-0.05, 0) is 12.8 Å². The average Bonchev–Trinajstić information content (AvgIpc) is 2.62. The standard InChI is InChI=1S/C17H16F6O/c1-3-4-10-13-14(16(20,21)17(22,23)15(13,18)19)24-11(2)12-8-6-5-7-9-12/h5-9H,2-4,10H2,1H3. The number of unbranched alkanes of at least 4 members (excludes halogenated alkanes) is 1. The lowest BCUT2D eigenvalue weighted by Gasteiger charge is -2.25. The minimum absolute atomic E-state index is 0.0573. The van der Waals surface area contributed by atoms with Crippen LogP contribution in [0, 0.1) is 0 Å². The molecule has 0 aromatic heterocycles. The molecule has 1 aliphatic rings. The fraction of sp³-hybridized carbons (Fsp3) is 0.412. The lowest BCUT2D eigenvalue weighted by Crippen LogP contribution is -2.49. The van der Waals surface area contributed by atoms with Crippen LogP contribution < -0.4 is 0 Å². The third kappa shape index (κ3) is 2.70. The minimum Gasteiger partial charge on any atom is -0.455 e. The predicted octanol–water partition coefficient (Wildman–Crippen LogP) is 6.04. The van der Waals surface area contributed by atoms with Gasteiger partial charge in [0.15, 0.2) is 5.76 Å². The van der Waals surface area contributed by atoms with Gasteiger partial charge in [0.25, 0.3) is 0 Å². The van der Waals surface area contributed by atoms with Crippen LogP contribution in [-0.2, 0) is 4.74 Å². The minimum atomic E-state index is -5.55. The molecule has 2 rings (SSSR count). The molecule has 24 heavy (non-hydrogen) atoms. The molecule has 0 aliphatic heterocycles. The second-order valence-electron chi connectivity index (χ2n) is 5.53. The lowest BCUT2D eigenvalue weighted by atomic mass is 10.0. The van der Waals surface area contributed by atoms with Crippen LogP contribution in [0.25, 0.3) is 5.76 Å². The number of hydrogen-bond acceptors (Lipinski definition) is 1. The molecule has 0 N–H and O–H groups in total. The Labute approximate surface area is 135 Å². The van der Waals surface area contributed by atoms with E-state index in [9.17, 15) is 26.3 Å². The van der Waals surface area contributed by atoms with Crippen molar-refractivity contribution >= 4 is 5.76 Å². The second-order valence-corrected chi connectivity index (χ2v) is 5.53. The Hall–Kier alpha value is -1.92. The molecule has 1 aliphatic carbocycles. The molecule has 0 fully saturated rings. The zero-order valence-corrected chi connectivity index (χ0v) is 12.9. The molecule has 132 valence electrons. The Morgan fingerprint density at radius 1 is 1.00 bits per heavy atom. The molecule has 1 aromatic carbocycles. The van der Waals surface area contributed by atoms with Crippen LogP contribution in [0.4, 0.5) is 26.3 Å². The molecule has 1 nitrogen and oxygen atoms in total. The maximum absolute atomic E-state index is 14.0. The monoisotopic (exact) mass is 350 g/mol. The van der Waals surface area contributed by atoms with Gasteiger partial charge in [-0.2, -0.15) is 26.3 Å². The summed E-state index contributed by atoms with van der Waals surface area (Å²) in [7, 11) is 0. The highest BCUT2D eigenvalue weighted by molar-refractivity contribution is 5.59. The van der Waals surface area contributed by atoms with E-state index < -0.39 is 41.3 Å². The molecule has 1 aromatic rings. The van der Waals surface area contributed by atoms with Crippen LogP contribution in [0.2, 0.25) is 0 Å². The zero-order chi connectivity index (χ0) is 18.2. The van der Waals surface area contributed by atoms with Crippen molar-refractivity contribution in [3.05, 3.63) is 53.8 Å². The van der Waals surface area contributed by atoms with Crippen molar-refractivity contribution in [3.8, 4) is 0 Å². The summed E-state index contributed by atoms with van der Waals surface area (Å²) in [5.41, 5.74) is -1.13. The normalized spacial score (nSPS) is 21.0. The summed E-state index contributed by atoms with van der Waals surface area (Å²) in [6.45, 7) is 5.02. The Balaban J connectivity index is 2.46. The average molecular weight is 350 g/mol. The third-order valence-corrected chi connectivity index (χ3v) is 3.83. The van der Waals surface area contributed by atoms with Crippen LogP contribution >= 0.6 is 0 Å². The van der Waals surface area contributed by atoms with E-state index in [1.807, 2.05) is 0 Å². The van der Waals surface area contributed by atoms with Gasteiger partial charge in [-0.1, -0.05) is 50.3 Å². The Morgan fingerprint density at radius 2 is 1.58 bits per heavy atom. The molecule has 0 spiro atoms. The first-order valence-corrected chi connectivity index (χ1v) is 7.37. The molecular formula is C17H16F6O. The Morgan fingerprint density at radius 3 is 2.12 bits per heavy atom. The SMILES string of the molecule is C=C(OC1=C(CCCC)C(F)(F)C(F)(F)C1(F)F)c1ccccc1. The maximum atomic E-state index is 14.0. The van der Waals surface area contributed by atoms with E-state index in [0.29, 0.717) is 6.42 Å². The smallest absolute Gasteiger partial charge is 0.383 e. The number of halogens is 6. The number of allylic oxidation sites excluding steroid dienone is 2. The van der Waals surface area contributed by atoms with E-state index in [1.165, 1.54) is 12.1 Å². The first-order valence-electron chi connectivity index (χ1n) is 7.37. The molecule has 0 saturated heterocycles. The summed E-state index contributed by atoms with van der Waals surface area (Å²) >= 11 is 0. The van der Waals surface area contributed by atoms with Crippen molar-refractivity contribution < 1.29 is 31.1 Å². The van der Waals surface area contributed by atoms with E-state index in [1.54, 1.807) is 25.1 Å². The van der Waals surface area contributed by atoms with Crippen molar-refractivity contribution in [2.75, 3.05) is 0 Å². The second kappa shape index (κ2) is 6.18. The summed E-state index contributed by atoms with van der Waals surface area (Å²) in [5.74, 6) is -17.7. The van der Waals surface area contributed by atoms with Gasteiger partial charge in [-0.15, -0.1) is 0 Å². The van der Waals surface area contributed by atoms with Crippen LogP contribution in [0.3, 0.4) is 0 Å². The van der Waals surface area contributed by atoms with Crippen molar-refractivity contribution in [1.29, 1.82) is 0 Å². The Bertz CT molecular complexity index is 648. The fourth-order valence-corrected chi connectivity index (χ4v) is 2.42. The van der Waals surface area contributed by atoms with Gasteiger partial charge in [-0.25, -0.2) is 0 Å². The molecule has 0 amide bonds. The van der Waals surface area contributed by atoms with Crippen LogP contribution in [0.15, 0.2) is 48.2 Å². The molecule has 0 saturated carbocycles.